The van der Waals surface area contributed by atoms with E-state index < -0.39 is 48.6 Å². The van der Waals surface area contributed by atoms with Crippen LogP contribution in [0.1, 0.15) is 35.8 Å². The molecule has 2 bridgehead atoms. The first-order valence-corrected chi connectivity index (χ1v) is 11.7. The van der Waals surface area contributed by atoms with Crippen LogP contribution < -0.4 is 10.6 Å². The Morgan fingerprint density at radius 2 is 2.03 bits per heavy atom. The molecule has 2 aliphatic rings. The number of carbonyl (C=O) groups excluding carboxylic acids is 2. The van der Waals surface area contributed by atoms with E-state index >= 15 is 0 Å². The number of benzene rings is 1. The minimum absolute atomic E-state index is 0.0368. The third kappa shape index (κ3) is 4.47. The summed E-state index contributed by atoms with van der Waals surface area (Å²) in [7, 11) is 0. The van der Waals surface area contributed by atoms with Crippen LogP contribution in [0.4, 0.5) is 18.9 Å². The number of imidazole rings is 1. The number of nitrogens with zero attached hydrogens (tertiary/aromatic N) is 3. The maximum Gasteiger partial charge on any atom is 0.471 e. The maximum absolute atomic E-state index is 12.8. The second-order valence-electron chi connectivity index (χ2n) is 8.79. The number of hydrogen-bond donors (Lipinski definition) is 3. The van der Waals surface area contributed by atoms with Gasteiger partial charge in [0.25, 0.3) is 5.91 Å². The Bertz CT molecular complexity index is 1450. The molecule has 3 aromatic rings. The first-order valence-electron chi connectivity index (χ1n) is 11.7. The van der Waals surface area contributed by atoms with Gasteiger partial charge in [-0.05, 0) is 30.5 Å². The molecule has 1 unspecified atom stereocenters. The second kappa shape index (κ2) is 9.71. The van der Waals surface area contributed by atoms with Gasteiger partial charge in [0.15, 0.2) is 17.7 Å². The van der Waals surface area contributed by atoms with Gasteiger partial charge in [-0.15, -0.1) is 0 Å². The molecule has 10 nitrogen and oxygen atoms in total. The Hall–Kier alpha value is -3.99. The van der Waals surface area contributed by atoms with Crippen LogP contribution in [0, 0.1) is 11.8 Å². The molecule has 13 heteroatoms. The molecular weight excluding hydrogens is 507 g/mol. The molecule has 4 atom stereocenters. The average Bonchev–Trinajstić information content (AvgIpc) is 3.53. The van der Waals surface area contributed by atoms with Crippen molar-refractivity contribution in [1.82, 2.24) is 19.9 Å². The van der Waals surface area contributed by atoms with Crippen molar-refractivity contribution in [1.29, 1.82) is 0 Å². The number of carbonyl (C=O) groups is 2. The van der Waals surface area contributed by atoms with Crippen LogP contribution >= 0.6 is 0 Å². The van der Waals surface area contributed by atoms with E-state index in [2.05, 4.69) is 27.1 Å². The summed E-state index contributed by atoms with van der Waals surface area (Å²) in [5, 5.41) is 15.3. The van der Waals surface area contributed by atoms with E-state index in [-0.39, 0.29) is 23.6 Å². The van der Waals surface area contributed by atoms with Crippen molar-refractivity contribution < 1.29 is 37.3 Å². The molecule has 0 spiro atoms. The lowest BCUT2D eigenvalue weighted by atomic mass is 9.96. The predicted octanol–water partition coefficient (Wildman–Crippen LogP) is 2.15. The zero-order chi connectivity index (χ0) is 27.1. The molecule has 4 heterocycles. The number of amides is 2. The van der Waals surface area contributed by atoms with E-state index in [1.165, 1.54) is 10.8 Å². The second-order valence-corrected chi connectivity index (χ2v) is 8.79. The number of aliphatic hydroxyl groups excluding tert-OH is 1. The zero-order valence-corrected chi connectivity index (χ0v) is 20.0. The van der Waals surface area contributed by atoms with Crippen molar-refractivity contribution in [2.24, 2.45) is 0 Å². The van der Waals surface area contributed by atoms with E-state index in [1.807, 2.05) is 6.92 Å². The topological polar surface area (TPSA) is 128 Å². The van der Waals surface area contributed by atoms with Crippen molar-refractivity contribution in [2.45, 2.75) is 43.6 Å². The lowest BCUT2D eigenvalue weighted by Crippen LogP contribution is -2.39. The molecule has 1 aromatic carbocycles. The van der Waals surface area contributed by atoms with Gasteiger partial charge in [-0.3, -0.25) is 14.2 Å². The van der Waals surface area contributed by atoms with Crippen molar-refractivity contribution in [3.05, 3.63) is 54.0 Å². The molecule has 0 aliphatic carbocycles. The summed E-state index contributed by atoms with van der Waals surface area (Å²) in [4.78, 5) is 32.8. The molecule has 2 aliphatic heterocycles. The highest BCUT2D eigenvalue weighted by Crippen LogP contribution is 2.47. The van der Waals surface area contributed by atoms with Crippen LogP contribution in [-0.4, -0.2) is 68.6 Å². The Kier molecular flexibility index (Phi) is 6.56. The molecule has 0 saturated carbocycles. The SMILES string of the molecule is CC[C@@]12COC([C@H](n3c(C#CCNC(=O)C(F)(F)F)nc4c(NC(=O)c5ccccc5)ccnc43)O1)[C@H]2O. The molecule has 5 rings (SSSR count). The number of hydrogen-bond acceptors (Lipinski definition) is 7. The third-order valence-electron chi connectivity index (χ3n) is 6.52. The molecule has 2 fully saturated rings. The van der Waals surface area contributed by atoms with Gasteiger partial charge in [-0.2, -0.15) is 13.2 Å². The van der Waals surface area contributed by atoms with Gasteiger partial charge in [-0.25, -0.2) is 9.97 Å². The largest absolute Gasteiger partial charge is 0.471 e. The summed E-state index contributed by atoms with van der Waals surface area (Å²) < 4.78 is 51.0. The number of halogens is 3. The summed E-state index contributed by atoms with van der Waals surface area (Å²) in [5.41, 5.74) is 0.267. The van der Waals surface area contributed by atoms with Crippen molar-refractivity contribution in [3.8, 4) is 11.8 Å². The molecule has 2 saturated heterocycles. The van der Waals surface area contributed by atoms with Crippen molar-refractivity contribution >= 4 is 28.7 Å². The Morgan fingerprint density at radius 1 is 1.26 bits per heavy atom. The molecule has 2 aromatic heterocycles. The van der Waals surface area contributed by atoms with Gasteiger partial charge in [-0.1, -0.05) is 31.0 Å². The number of aromatic nitrogens is 3. The number of ether oxygens (including phenoxy) is 2. The first kappa shape index (κ1) is 25.7. The van der Waals surface area contributed by atoms with Gasteiger partial charge < -0.3 is 25.2 Å². The normalized spacial score (nSPS) is 24.2. The summed E-state index contributed by atoms with van der Waals surface area (Å²) >= 11 is 0. The molecule has 2 amide bonds. The summed E-state index contributed by atoms with van der Waals surface area (Å²) in [6.07, 6.45) is -5.74. The van der Waals surface area contributed by atoms with Crippen LogP contribution in [0.5, 0.6) is 0 Å². The van der Waals surface area contributed by atoms with E-state index in [0.29, 0.717) is 17.7 Å². The molecule has 3 N–H and O–H groups in total. The number of aliphatic hydroxyl groups is 1. The first-order chi connectivity index (χ1) is 18.1. The molecular formula is C25H22F3N5O5. The number of alkyl halides is 3. The van der Waals surface area contributed by atoms with Gasteiger partial charge in [0.05, 0.1) is 18.8 Å². The van der Waals surface area contributed by atoms with Gasteiger partial charge in [0.1, 0.15) is 23.3 Å². The van der Waals surface area contributed by atoms with E-state index in [1.54, 1.807) is 41.7 Å². The van der Waals surface area contributed by atoms with Crippen LogP contribution in [0.3, 0.4) is 0 Å². The average molecular weight is 529 g/mol. The summed E-state index contributed by atoms with van der Waals surface area (Å²) in [6, 6.07) is 10.0. The quantitative estimate of drug-likeness (QED) is 0.432. The number of pyridine rings is 1. The number of anilines is 1. The minimum atomic E-state index is -5.04. The van der Waals surface area contributed by atoms with E-state index in [4.69, 9.17) is 9.47 Å². The van der Waals surface area contributed by atoms with Gasteiger partial charge in [0.2, 0.25) is 0 Å². The van der Waals surface area contributed by atoms with Crippen LogP contribution in [0.15, 0.2) is 42.6 Å². The van der Waals surface area contributed by atoms with Crippen LogP contribution in [-0.2, 0) is 14.3 Å². The highest BCUT2D eigenvalue weighted by atomic mass is 19.4. The summed E-state index contributed by atoms with van der Waals surface area (Å²) in [5.74, 6) is 2.63. The Balaban J connectivity index is 1.53. The van der Waals surface area contributed by atoms with Crippen molar-refractivity contribution in [3.63, 3.8) is 0 Å². The fourth-order valence-electron chi connectivity index (χ4n) is 4.51. The molecule has 38 heavy (non-hydrogen) atoms. The van der Waals surface area contributed by atoms with Gasteiger partial charge in [0, 0.05) is 11.8 Å². The highest BCUT2D eigenvalue weighted by molar-refractivity contribution is 6.07. The fourth-order valence-corrected chi connectivity index (χ4v) is 4.51. The molecule has 0 radical (unpaired) electrons. The van der Waals surface area contributed by atoms with Gasteiger partial charge >= 0.3 is 12.1 Å². The molecule has 198 valence electrons. The zero-order valence-electron chi connectivity index (χ0n) is 20.0. The lowest BCUT2D eigenvalue weighted by Gasteiger charge is -2.30. The number of nitrogens with one attached hydrogen (secondary N) is 2. The smallest absolute Gasteiger partial charge is 0.387 e. The lowest BCUT2D eigenvalue weighted by molar-refractivity contribution is -0.173. The van der Waals surface area contributed by atoms with Crippen LogP contribution in [0.2, 0.25) is 0 Å². The third-order valence-corrected chi connectivity index (χ3v) is 6.52. The number of rotatable bonds is 5. The maximum atomic E-state index is 12.8. The standard InChI is InChI=1S/C25H22F3N5O5/c1-2-24-13-37-18(19(24)34)22(38-24)33-16(9-6-11-30-23(36)25(26,27)28)32-17-15(10-12-29-20(17)33)31-21(35)14-7-4-3-5-8-14/h3-5,7-8,10,12,18-19,22,34H,2,11,13H2,1H3,(H,30,36)(H,29,31,35)/t18?,19-,22-,24+/m1/s1. The highest BCUT2D eigenvalue weighted by Gasteiger charge is 2.61. The fraction of sp³-hybridized carbons (Fsp3) is 0.360. The minimum Gasteiger partial charge on any atom is -0.387 e. The number of fused-ring (bicyclic) bond motifs is 3. The van der Waals surface area contributed by atoms with Crippen LogP contribution in [0.25, 0.3) is 11.2 Å². The monoisotopic (exact) mass is 529 g/mol. The van der Waals surface area contributed by atoms with E-state index in [0.717, 1.165) is 0 Å². The van der Waals surface area contributed by atoms with E-state index in [9.17, 15) is 27.9 Å². The Labute approximate surface area is 214 Å². The predicted molar refractivity (Wildman–Crippen MR) is 127 cm³/mol. The Morgan fingerprint density at radius 3 is 2.71 bits per heavy atom. The van der Waals surface area contributed by atoms with Crippen molar-refractivity contribution in [2.75, 3.05) is 18.5 Å². The summed E-state index contributed by atoms with van der Waals surface area (Å²) in [6.45, 7) is 1.44.